The van der Waals surface area contributed by atoms with Crippen LogP contribution in [0.15, 0.2) is 36.9 Å². The van der Waals surface area contributed by atoms with Crippen molar-refractivity contribution in [1.82, 2.24) is 19.5 Å². The molecule has 0 amide bonds. The van der Waals surface area contributed by atoms with Gasteiger partial charge in [-0.1, -0.05) is 12.1 Å². The average Bonchev–Trinajstić information content (AvgIpc) is 3.08. The maximum atomic E-state index is 11.0. The van der Waals surface area contributed by atoms with Crippen molar-refractivity contribution in [3.8, 4) is 11.6 Å². The molecule has 7 nitrogen and oxygen atoms in total. The molecule has 1 unspecified atom stereocenters. The summed E-state index contributed by atoms with van der Waals surface area (Å²) in [5, 5.41) is 9.76. The van der Waals surface area contributed by atoms with Crippen LogP contribution < -0.4 is 0 Å². The van der Waals surface area contributed by atoms with Crippen LogP contribution in [-0.4, -0.2) is 35.7 Å². The van der Waals surface area contributed by atoms with E-state index in [0.29, 0.717) is 29.2 Å². The predicted octanol–water partition coefficient (Wildman–Crippen LogP) is 3.26. The van der Waals surface area contributed by atoms with E-state index in [4.69, 9.17) is 4.89 Å². The van der Waals surface area contributed by atoms with Gasteiger partial charge >= 0.3 is 0 Å². The highest BCUT2D eigenvalue weighted by molar-refractivity contribution is 7.38. The number of rotatable bonds is 4. The minimum atomic E-state index is -2.35. The van der Waals surface area contributed by atoms with E-state index in [9.17, 15) is 9.67 Å². The quantitative estimate of drug-likeness (QED) is 0.682. The SMILES string of the molecule is O=[PH](O)C[C@H]1CC[C@H](c2ccc(-n3cnc4c(O)ncnc43)cc2)CC1. The van der Waals surface area contributed by atoms with E-state index in [1.54, 1.807) is 6.33 Å². The van der Waals surface area contributed by atoms with E-state index in [0.717, 1.165) is 31.4 Å². The molecule has 1 fully saturated rings. The Morgan fingerprint density at radius 3 is 2.50 bits per heavy atom. The standard InChI is InChI=1S/C18H21N4O3P/c23-18-16-17(19-10-20-18)22(11-21-16)15-7-5-14(6-8-15)13-3-1-12(2-4-13)9-26(24)25/h5-8,10-13,26H,1-4,9H2,(H,24,25)(H,19,20,23)/t12-,13-. The number of hydrogen-bond acceptors (Lipinski definition) is 5. The Morgan fingerprint density at radius 1 is 1.08 bits per heavy atom. The Bertz CT molecular complexity index is 933. The molecule has 2 N–H and O–H groups in total. The maximum Gasteiger partial charge on any atom is 0.242 e. The minimum absolute atomic E-state index is 0.118. The van der Waals surface area contributed by atoms with Crippen molar-refractivity contribution in [2.45, 2.75) is 31.6 Å². The molecule has 1 aliphatic carbocycles. The van der Waals surface area contributed by atoms with Crippen LogP contribution >= 0.6 is 8.03 Å². The summed E-state index contributed by atoms with van der Waals surface area (Å²) in [5.74, 6) is 0.784. The molecule has 1 saturated carbocycles. The van der Waals surface area contributed by atoms with E-state index in [2.05, 4.69) is 27.1 Å². The van der Waals surface area contributed by atoms with Crippen LogP contribution in [0.5, 0.6) is 5.88 Å². The third-order valence-corrected chi connectivity index (χ3v) is 6.19. The lowest BCUT2D eigenvalue weighted by atomic mass is 9.79. The van der Waals surface area contributed by atoms with Crippen molar-refractivity contribution in [3.05, 3.63) is 42.5 Å². The molecule has 1 aromatic carbocycles. The van der Waals surface area contributed by atoms with Crippen LogP contribution in [0.2, 0.25) is 0 Å². The van der Waals surface area contributed by atoms with E-state index in [1.807, 2.05) is 16.7 Å². The second-order valence-electron chi connectivity index (χ2n) is 6.89. The third kappa shape index (κ3) is 3.37. The van der Waals surface area contributed by atoms with Crippen LogP contribution in [0.3, 0.4) is 0 Å². The second kappa shape index (κ2) is 7.17. The smallest absolute Gasteiger partial charge is 0.242 e. The molecule has 8 heteroatoms. The van der Waals surface area contributed by atoms with Gasteiger partial charge < -0.3 is 10.00 Å². The van der Waals surface area contributed by atoms with Gasteiger partial charge in [0.15, 0.2) is 19.2 Å². The molecule has 1 aliphatic rings. The minimum Gasteiger partial charge on any atom is -0.492 e. The first kappa shape index (κ1) is 17.2. The molecule has 26 heavy (non-hydrogen) atoms. The lowest BCUT2D eigenvalue weighted by Gasteiger charge is -2.28. The molecule has 1 atom stereocenters. The molecule has 4 rings (SSSR count). The van der Waals surface area contributed by atoms with E-state index < -0.39 is 8.03 Å². The molecule has 3 aromatic rings. The van der Waals surface area contributed by atoms with Crippen LogP contribution in [0.1, 0.15) is 37.2 Å². The van der Waals surface area contributed by atoms with Crippen LogP contribution in [0.25, 0.3) is 16.9 Å². The van der Waals surface area contributed by atoms with Crippen LogP contribution in [-0.2, 0) is 4.57 Å². The molecule has 2 heterocycles. The fourth-order valence-electron chi connectivity index (χ4n) is 3.87. The molecular weight excluding hydrogens is 351 g/mol. The van der Waals surface area contributed by atoms with Crippen molar-refractivity contribution < 1.29 is 14.6 Å². The molecule has 0 spiro atoms. The maximum absolute atomic E-state index is 11.0. The Labute approximate surface area is 151 Å². The number of aromatic nitrogens is 4. The monoisotopic (exact) mass is 372 g/mol. The lowest BCUT2D eigenvalue weighted by molar-refractivity contribution is 0.344. The number of nitrogens with zero attached hydrogens (tertiary/aromatic N) is 4. The number of imidazole rings is 1. The van der Waals surface area contributed by atoms with Gasteiger partial charge in [-0.15, -0.1) is 0 Å². The van der Waals surface area contributed by atoms with Gasteiger partial charge in [-0.25, -0.2) is 9.97 Å². The highest BCUT2D eigenvalue weighted by Gasteiger charge is 2.23. The van der Waals surface area contributed by atoms with E-state index in [1.165, 1.54) is 11.9 Å². The largest absolute Gasteiger partial charge is 0.492 e. The predicted molar refractivity (Wildman–Crippen MR) is 99.1 cm³/mol. The molecule has 2 aromatic heterocycles. The van der Waals surface area contributed by atoms with Gasteiger partial charge in [0.05, 0.1) is 0 Å². The Hall–Kier alpha value is -2.24. The van der Waals surface area contributed by atoms with Gasteiger partial charge in [-0.2, -0.15) is 4.98 Å². The summed E-state index contributed by atoms with van der Waals surface area (Å²) in [4.78, 5) is 21.3. The first-order chi connectivity index (χ1) is 12.6. The summed E-state index contributed by atoms with van der Waals surface area (Å²) in [5.41, 5.74) is 3.19. The second-order valence-corrected chi connectivity index (χ2v) is 8.09. The summed E-state index contributed by atoms with van der Waals surface area (Å²) in [6, 6.07) is 8.33. The van der Waals surface area contributed by atoms with E-state index >= 15 is 0 Å². The molecular formula is C18H21N4O3P. The summed E-state index contributed by atoms with van der Waals surface area (Å²) in [7, 11) is -2.35. The van der Waals surface area contributed by atoms with Gasteiger partial charge in [-0.3, -0.25) is 9.13 Å². The van der Waals surface area contributed by atoms with Crippen molar-refractivity contribution in [2.75, 3.05) is 6.16 Å². The average molecular weight is 372 g/mol. The van der Waals surface area contributed by atoms with Gasteiger partial charge in [0.2, 0.25) is 5.88 Å². The van der Waals surface area contributed by atoms with Crippen LogP contribution in [0, 0.1) is 5.92 Å². The first-order valence-electron chi connectivity index (χ1n) is 8.81. The molecule has 0 saturated heterocycles. The summed E-state index contributed by atoms with van der Waals surface area (Å²) in [6.45, 7) is 0. The number of fused-ring (bicyclic) bond motifs is 1. The summed E-state index contributed by atoms with van der Waals surface area (Å²) < 4.78 is 12.9. The Balaban J connectivity index is 1.50. The van der Waals surface area contributed by atoms with Crippen molar-refractivity contribution in [1.29, 1.82) is 0 Å². The zero-order chi connectivity index (χ0) is 18.1. The van der Waals surface area contributed by atoms with Crippen LogP contribution in [0.4, 0.5) is 0 Å². The van der Waals surface area contributed by atoms with Gasteiger partial charge in [-0.05, 0) is 55.2 Å². The highest BCUT2D eigenvalue weighted by atomic mass is 31.1. The summed E-state index contributed by atoms with van der Waals surface area (Å²) >= 11 is 0. The third-order valence-electron chi connectivity index (χ3n) is 5.27. The zero-order valence-electron chi connectivity index (χ0n) is 14.2. The highest BCUT2D eigenvalue weighted by Crippen LogP contribution is 2.38. The fourth-order valence-corrected chi connectivity index (χ4v) is 4.77. The van der Waals surface area contributed by atoms with Gasteiger partial charge in [0.1, 0.15) is 12.7 Å². The number of hydrogen-bond donors (Lipinski definition) is 2. The molecule has 0 radical (unpaired) electrons. The van der Waals surface area contributed by atoms with Crippen molar-refractivity contribution in [3.63, 3.8) is 0 Å². The Morgan fingerprint density at radius 2 is 1.81 bits per heavy atom. The molecule has 0 bridgehead atoms. The molecule has 0 aliphatic heterocycles. The Kier molecular flexibility index (Phi) is 4.74. The fraction of sp³-hybridized carbons (Fsp3) is 0.389. The number of aromatic hydroxyl groups is 1. The molecule has 136 valence electrons. The van der Waals surface area contributed by atoms with E-state index in [-0.39, 0.29) is 5.88 Å². The normalized spacial score (nSPS) is 21.7. The number of benzene rings is 1. The lowest BCUT2D eigenvalue weighted by Crippen LogP contribution is -2.15. The topological polar surface area (TPSA) is 101 Å². The van der Waals surface area contributed by atoms with Gasteiger partial charge in [0, 0.05) is 11.8 Å². The first-order valence-corrected chi connectivity index (χ1v) is 10.4. The zero-order valence-corrected chi connectivity index (χ0v) is 15.2. The summed E-state index contributed by atoms with van der Waals surface area (Å²) in [6.07, 6.45) is 7.60. The van der Waals surface area contributed by atoms with Gasteiger partial charge in [0.25, 0.3) is 0 Å². The van der Waals surface area contributed by atoms with Crippen molar-refractivity contribution in [2.24, 2.45) is 5.92 Å². The van der Waals surface area contributed by atoms with Crippen molar-refractivity contribution >= 4 is 19.2 Å².